The number of hydrogen-bond donors (Lipinski definition) is 1. The van der Waals surface area contributed by atoms with Gasteiger partial charge in [0.1, 0.15) is 0 Å². The van der Waals surface area contributed by atoms with E-state index in [0.29, 0.717) is 17.0 Å². The number of ketones is 1. The summed E-state index contributed by atoms with van der Waals surface area (Å²) in [6.07, 6.45) is 0. The summed E-state index contributed by atoms with van der Waals surface area (Å²) < 4.78 is 20.5. The van der Waals surface area contributed by atoms with Crippen molar-refractivity contribution in [3.63, 3.8) is 0 Å². The number of benzene rings is 1. The van der Waals surface area contributed by atoms with Gasteiger partial charge in [-0.3, -0.25) is 4.79 Å². The standard InChI is InChI=1S/C20H23NO7/c1-6-27-20(24)18-12(3)21-11(2)17(18)14(22)10-28-15-8-7-13(19(23)26-5)9-16(15)25-4/h7-9,21H,6,10H2,1-5H3. The molecule has 0 fully saturated rings. The average molecular weight is 389 g/mol. The first-order valence-electron chi connectivity index (χ1n) is 8.62. The fourth-order valence-electron chi connectivity index (χ4n) is 2.84. The zero-order chi connectivity index (χ0) is 20.8. The second-order valence-corrected chi connectivity index (χ2v) is 5.91. The van der Waals surface area contributed by atoms with Crippen molar-refractivity contribution in [1.82, 2.24) is 4.98 Å². The second kappa shape index (κ2) is 9.07. The zero-order valence-corrected chi connectivity index (χ0v) is 16.5. The number of nitrogens with one attached hydrogen (secondary N) is 1. The molecule has 2 aromatic rings. The van der Waals surface area contributed by atoms with Crippen LogP contribution in [0.15, 0.2) is 18.2 Å². The Morgan fingerprint density at radius 2 is 1.64 bits per heavy atom. The van der Waals surface area contributed by atoms with Gasteiger partial charge in [-0.1, -0.05) is 0 Å². The molecule has 0 saturated heterocycles. The number of methoxy groups -OCH3 is 2. The molecule has 0 aliphatic rings. The summed E-state index contributed by atoms with van der Waals surface area (Å²) in [5.74, 6) is -0.899. The largest absolute Gasteiger partial charge is 0.493 e. The van der Waals surface area contributed by atoms with Gasteiger partial charge in [0.25, 0.3) is 0 Å². The minimum Gasteiger partial charge on any atom is -0.493 e. The molecule has 0 amide bonds. The van der Waals surface area contributed by atoms with Gasteiger partial charge in [0.15, 0.2) is 18.1 Å². The summed E-state index contributed by atoms with van der Waals surface area (Å²) in [4.78, 5) is 39.6. The fraction of sp³-hybridized carbons (Fsp3) is 0.350. The predicted octanol–water partition coefficient (Wildman–Crippen LogP) is 2.87. The third-order valence-corrected chi connectivity index (χ3v) is 4.08. The number of aryl methyl sites for hydroxylation is 2. The van der Waals surface area contributed by atoms with E-state index in [2.05, 4.69) is 9.72 Å². The van der Waals surface area contributed by atoms with E-state index in [0.717, 1.165) is 0 Å². The van der Waals surface area contributed by atoms with Crippen molar-refractivity contribution < 1.29 is 33.3 Å². The molecule has 0 bridgehead atoms. The Kier molecular flexibility index (Phi) is 6.81. The number of ether oxygens (including phenoxy) is 4. The van der Waals surface area contributed by atoms with Crippen LogP contribution < -0.4 is 9.47 Å². The maximum Gasteiger partial charge on any atom is 0.340 e. The van der Waals surface area contributed by atoms with E-state index in [9.17, 15) is 14.4 Å². The second-order valence-electron chi connectivity index (χ2n) is 5.91. The third kappa shape index (κ3) is 4.33. The number of carbonyl (C=O) groups is 3. The van der Waals surface area contributed by atoms with Gasteiger partial charge < -0.3 is 23.9 Å². The Bertz CT molecular complexity index is 898. The fourth-order valence-corrected chi connectivity index (χ4v) is 2.84. The normalized spacial score (nSPS) is 10.3. The van der Waals surface area contributed by atoms with Gasteiger partial charge in [-0.15, -0.1) is 0 Å². The molecule has 8 heteroatoms. The predicted molar refractivity (Wildman–Crippen MR) is 100 cm³/mol. The maximum absolute atomic E-state index is 12.7. The monoisotopic (exact) mass is 389 g/mol. The number of H-pyrrole nitrogens is 1. The topological polar surface area (TPSA) is 104 Å². The highest BCUT2D eigenvalue weighted by atomic mass is 16.5. The summed E-state index contributed by atoms with van der Waals surface area (Å²) in [6.45, 7) is 4.98. The summed E-state index contributed by atoms with van der Waals surface area (Å²) >= 11 is 0. The number of hydrogen-bond acceptors (Lipinski definition) is 7. The van der Waals surface area contributed by atoms with E-state index < -0.39 is 11.9 Å². The number of esters is 2. The third-order valence-electron chi connectivity index (χ3n) is 4.08. The molecule has 1 heterocycles. The van der Waals surface area contributed by atoms with Crippen LogP contribution >= 0.6 is 0 Å². The van der Waals surface area contributed by atoms with Crippen LogP contribution in [0.3, 0.4) is 0 Å². The van der Waals surface area contributed by atoms with Crippen molar-refractivity contribution in [2.45, 2.75) is 20.8 Å². The minimum atomic E-state index is -0.562. The van der Waals surface area contributed by atoms with Gasteiger partial charge in [0, 0.05) is 11.4 Å². The highest BCUT2D eigenvalue weighted by molar-refractivity contribution is 6.08. The molecule has 2 rings (SSSR count). The Morgan fingerprint density at radius 1 is 0.964 bits per heavy atom. The van der Waals surface area contributed by atoms with Crippen LogP contribution in [0.1, 0.15) is 49.4 Å². The summed E-state index contributed by atoms with van der Waals surface area (Å²) in [5, 5.41) is 0. The molecule has 0 unspecified atom stereocenters. The minimum absolute atomic E-state index is 0.205. The van der Waals surface area contributed by atoms with E-state index in [-0.39, 0.29) is 41.6 Å². The number of aromatic nitrogens is 1. The molecule has 0 atom stereocenters. The lowest BCUT2D eigenvalue weighted by atomic mass is 10.1. The number of rotatable bonds is 8. The van der Waals surface area contributed by atoms with Crippen molar-refractivity contribution in [2.75, 3.05) is 27.4 Å². The van der Waals surface area contributed by atoms with E-state index >= 15 is 0 Å². The van der Waals surface area contributed by atoms with E-state index in [1.54, 1.807) is 20.8 Å². The highest BCUT2D eigenvalue weighted by Crippen LogP contribution is 2.29. The molecule has 0 spiro atoms. The van der Waals surface area contributed by atoms with Gasteiger partial charge in [-0.05, 0) is 39.0 Å². The summed E-state index contributed by atoms with van der Waals surface area (Å²) in [6, 6.07) is 4.48. The quantitative estimate of drug-likeness (QED) is 0.547. The lowest BCUT2D eigenvalue weighted by Gasteiger charge is -2.12. The first-order chi connectivity index (χ1) is 13.3. The summed E-state index contributed by atoms with van der Waals surface area (Å²) in [7, 11) is 2.70. The van der Waals surface area contributed by atoms with Crippen LogP contribution in [0.2, 0.25) is 0 Å². The van der Waals surface area contributed by atoms with Crippen LogP contribution in [-0.2, 0) is 9.47 Å². The highest BCUT2D eigenvalue weighted by Gasteiger charge is 2.26. The molecule has 0 aliphatic heterocycles. The van der Waals surface area contributed by atoms with Crippen molar-refractivity contribution in [3.05, 3.63) is 46.3 Å². The SMILES string of the molecule is CCOC(=O)c1c(C)[nH]c(C)c1C(=O)COc1ccc(C(=O)OC)cc1OC. The lowest BCUT2D eigenvalue weighted by molar-refractivity contribution is 0.0521. The molecular formula is C20H23NO7. The van der Waals surface area contributed by atoms with Gasteiger partial charge in [0.05, 0.1) is 37.5 Å². The first-order valence-corrected chi connectivity index (χ1v) is 8.62. The molecule has 8 nitrogen and oxygen atoms in total. The van der Waals surface area contributed by atoms with Crippen LogP contribution in [0.4, 0.5) is 0 Å². The van der Waals surface area contributed by atoms with E-state index in [4.69, 9.17) is 14.2 Å². The van der Waals surface area contributed by atoms with E-state index in [1.807, 2.05) is 0 Å². The molecule has 1 aromatic heterocycles. The van der Waals surface area contributed by atoms with Gasteiger partial charge >= 0.3 is 11.9 Å². The number of Topliss-reactive ketones (excluding diaryl/α,β-unsaturated/α-hetero) is 1. The van der Waals surface area contributed by atoms with Crippen LogP contribution in [0.5, 0.6) is 11.5 Å². The Balaban J connectivity index is 2.23. The van der Waals surface area contributed by atoms with Crippen molar-refractivity contribution in [3.8, 4) is 11.5 Å². The number of carbonyl (C=O) groups excluding carboxylic acids is 3. The molecule has 0 radical (unpaired) electrons. The molecule has 150 valence electrons. The molecule has 1 aromatic carbocycles. The Morgan fingerprint density at radius 3 is 2.25 bits per heavy atom. The molecule has 28 heavy (non-hydrogen) atoms. The summed E-state index contributed by atoms with van der Waals surface area (Å²) in [5.41, 5.74) is 1.85. The molecular weight excluding hydrogens is 366 g/mol. The smallest absolute Gasteiger partial charge is 0.340 e. The first kappa shape index (κ1) is 21.0. The Labute approximate surface area is 162 Å². The molecule has 0 saturated carbocycles. The van der Waals surface area contributed by atoms with Crippen LogP contribution in [0, 0.1) is 13.8 Å². The van der Waals surface area contributed by atoms with Gasteiger partial charge in [-0.2, -0.15) is 0 Å². The van der Waals surface area contributed by atoms with E-state index in [1.165, 1.54) is 32.4 Å². The molecule has 1 N–H and O–H groups in total. The van der Waals surface area contributed by atoms with Gasteiger partial charge in [-0.25, -0.2) is 9.59 Å². The Hall–Kier alpha value is -3.29. The van der Waals surface area contributed by atoms with Crippen molar-refractivity contribution >= 4 is 17.7 Å². The number of aromatic amines is 1. The maximum atomic E-state index is 12.7. The lowest BCUT2D eigenvalue weighted by Crippen LogP contribution is -2.17. The van der Waals surface area contributed by atoms with Crippen molar-refractivity contribution in [2.24, 2.45) is 0 Å². The average Bonchev–Trinajstić information content (AvgIpc) is 2.99. The molecule has 0 aliphatic carbocycles. The van der Waals surface area contributed by atoms with Crippen LogP contribution in [0.25, 0.3) is 0 Å². The van der Waals surface area contributed by atoms with Gasteiger partial charge in [0.2, 0.25) is 5.78 Å². The van der Waals surface area contributed by atoms with Crippen molar-refractivity contribution in [1.29, 1.82) is 0 Å². The zero-order valence-electron chi connectivity index (χ0n) is 16.5. The van der Waals surface area contributed by atoms with Crippen LogP contribution in [-0.4, -0.2) is 50.1 Å².